The van der Waals surface area contributed by atoms with Crippen molar-refractivity contribution in [3.05, 3.63) is 100 Å². The van der Waals surface area contributed by atoms with Gasteiger partial charge in [0, 0.05) is 12.1 Å². The zero-order valence-corrected chi connectivity index (χ0v) is 23.9. The molecule has 0 saturated carbocycles. The minimum absolute atomic E-state index is 0.0482. The van der Waals surface area contributed by atoms with E-state index in [1.54, 1.807) is 18.3 Å². The summed E-state index contributed by atoms with van der Waals surface area (Å²) in [7, 11) is 0. The van der Waals surface area contributed by atoms with Crippen LogP contribution in [-0.2, 0) is 23.2 Å². The van der Waals surface area contributed by atoms with Crippen LogP contribution in [0.5, 0.6) is 5.75 Å². The van der Waals surface area contributed by atoms with Crippen molar-refractivity contribution in [3.63, 3.8) is 0 Å². The Labute approximate surface area is 231 Å². The first-order chi connectivity index (χ1) is 16.5. The monoisotopic (exact) mass is 697 g/mol. The Kier molecular flexibility index (Phi) is 9.22. The number of carbonyl (C=O) groups excluding carboxylic acids is 1. The van der Waals surface area contributed by atoms with E-state index in [9.17, 15) is 14.9 Å². The van der Waals surface area contributed by atoms with E-state index in [1.165, 1.54) is 17.7 Å². The number of hydrogen-bond acceptors (Lipinski definition) is 5. The van der Waals surface area contributed by atoms with Gasteiger partial charge >= 0.3 is 0 Å². The van der Waals surface area contributed by atoms with Gasteiger partial charge in [-0.05, 0) is 97.1 Å². The van der Waals surface area contributed by atoms with Gasteiger partial charge in [0.05, 0.1) is 24.7 Å². The number of non-ortho nitro benzene ring substituents is 1. The molecule has 0 fully saturated rings. The predicted molar refractivity (Wildman–Crippen MR) is 154 cm³/mol. The van der Waals surface area contributed by atoms with Crippen molar-refractivity contribution < 1.29 is 14.5 Å². The Hall–Kier alpha value is -2.54. The van der Waals surface area contributed by atoms with E-state index in [-0.39, 0.29) is 23.4 Å². The molecule has 7 nitrogen and oxygen atoms in total. The first-order valence-corrected chi connectivity index (χ1v) is 12.9. The molecule has 0 saturated heterocycles. The van der Waals surface area contributed by atoms with Crippen LogP contribution >= 0.6 is 45.2 Å². The summed E-state index contributed by atoms with van der Waals surface area (Å²) in [5, 5.41) is 14.9. The van der Waals surface area contributed by atoms with Crippen LogP contribution in [0.25, 0.3) is 0 Å². The second-order valence-corrected chi connectivity index (χ2v) is 11.3. The zero-order valence-electron chi connectivity index (χ0n) is 19.5. The summed E-state index contributed by atoms with van der Waals surface area (Å²) in [5.74, 6) is 0.543. The fraction of sp³-hybridized carbons (Fsp3) is 0.231. The molecular weight excluding hydrogens is 672 g/mol. The summed E-state index contributed by atoms with van der Waals surface area (Å²) in [5.41, 5.74) is 6.53. The summed E-state index contributed by atoms with van der Waals surface area (Å²) >= 11 is 4.38. The van der Waals surface area contributed by atoms with Gasteiger partial charge in [0.2, 0.25) is 5.91 Å². The van der Waals surface area contributed by atoms with Gasteiger partial charge in [-0.3, -0.25) is 14.9 Å². The number of benzene rings is 3. The molecule has 3 aromatic carbocycles. The Morgan fingerprint density at radius 3 is 2.14 bits per heavy atom. The van der Waals surface area contributed by atoms with Crippen molar-refractivity contribution in [1.29, 1.82) is 0 Å². The van der Waals surface area contributed by atoms with Gasteiger partial charge in [0.15, 0.2) is 0 Å². The maximum absolute atomic E-state index is 12.3. The number of carbonyl (C=O) groups is 1. The molecule has 0 atom stereocenters. The average Bonchev–Trinajstić information content (AvgIpc) is 2.78. The quantitative estimate of drug-likeness (QED) is 0.128. The molecule has 0 bridgehead atoms. The van der Waals surface area contributed by atoms with Gasteiger partial charge in [-0.15, -0.1) is 0 Å². The highest BCUT2D eigenvalue weighted by Gasteiger charge is 2.13. The molecule has 1 amide bonds. The second kappa shape index (κ2) is 11.9. The lowest BCUT2D eigenvalue weighted by Gasteiger charge is -2.19. The van der Waals surface area contributed by atoms with Crippen LogP contribution in [0.15, 0.2) is 65.8 Å². The van der Waals surface area contributed by atoms with E-state index in [1.807, 2.05) is 24.3 Å². The van der Waals surface area contributed by atoms with Gasteiger partial charge in [-0.1, -0.05) is 45.0 Å². The van der Waals surface area contributed by atoms with Crippen molar-refractivity contribution in [3.8, 4) is 5.75 Å². The summed E-state index contributed by atoms with van der Waals surface area (Å²) in [6.45, 7) is 6.76. The smallest absolute Gasteiger partial charge is 0.269 e. The molecule has 0 unspecified atom stereocenters. The molecule has 0 aliphatic carbocycles. The Balaban J connectivity index is 1.56. The van der Waals surface area contributed by atoms with Gasteiger partial charge in [0.1, 0.15) is 12.4 Å². The number of hydrogen-bond donors (Lipinski definition) is 1. The maximum Gasteiger partial charge on any atom is 0.269 e. The topological polar surface area (TPSA) is 93.8 Å². The summed E-state index contributed by atoms with van der Waals surface area (Å²) in [6.07, 6.45) is 1.86. The van der Waals surface area contributed by atoms with E-state index in [0.717, 1.165) is 29.6 Å². The molecule has 0 aliphatic heterocycles. The number of rotatable bonds is 8. The Morgan fingerprint density at radius 1 is 1.03 bits per heavy atom. The molecule has 3 aromatic rings. The van der Waals surface area contributed by atoms with E-state index in [4.69, 9.17) is 4.74 Å². The number of halogens is 2. The predicted octanol–water partition coefficient (Wildman–Crippen LogP) is 6.37. The lowest BCUT2D eigenvalue weighted by Crippen LogP contribution is -2.20. The lowest BCUT2D eigenvalue weighted by molar-refractivity contribution is -0.384. The number of nitrogens with zero attached hydrogens (tertiary/aromatic N) is 2. The highest BCUT2D eigenvalue weighted by atomic mass is 127. The van der Waals surface area contributed by atoms with Gasteiger partial charge in [0.25, 0.3) is 5.69 Å². The van der Waals surface area contributed by atoms with E-state index >= 15 is 0 Å². The molecule has 182 valence electrons. The number of hydrazone groups is 1. The molecule has 0 radical (unpaired) electrons. The first kappa shape index (κ1) is 27.1. The molecule has 35 heavy (non-hydrogen) atoms. The van der Waals surface area contributed by atoms with Crippen molar-refractivity contribution in [1.82, 2.24) is 5.43 Å². The van der Waals surface area contributed by atoms with Crippen molar-refractivity contribution in [2.45, 2.75) is 39.2 Å². The number of nitro benzene ring substituents is 1. The third-order valence-electron chi connectivity index (χ3n) is 5.14. The third-order valence-corrected chi connectivity index (χ3v) is 6.74. The number of ether oxygens (including phenoxy) is 1. The highest BCUT2D eigenvalue weighted by molar-refractivity contribution is 14.1. The largest absolute Gasteiger partial charge is 0.487 e. The SMILES string of the molecule is CC(C)(C)c1ccc(CC(=O)N/N=C\c2cc(I)c(OCc3ccc([N+](=O)[O-])cc3)c(I)c2)cc1. The molecule has 0 heterocycles. The van der Waals surface area contributed by atoms with Crippen molar-refractivity contribution in [2.24, 2.45) is 5.10 Å². The average molecular weight is 697 g/mol. The number of nitro groups is 1. The molecule has 0 spiro atoms. The molecule has 0 aromatic heterocycles. The fourth-order valence-corrected chi connectivity index (χ4v) is 5.32. The fourth-order valence-electron chi connectivity index (χ4n) is 3.19. The molecule has 9 heteroatoms. The Bertz CT molecular complexity index is 1210. The van der Waals surface area contributed by atoms with Gasteiger partial charge in [-0.2, -0.15) is 5.10 Å². The van der Waals surface area contributed by atoms with Crippen LogP contribution in [0.2, 0.25) is 0 Å². The minimum Gasteiger partial charge on any atom is -0.487 e. The van der Waals surface area contributed by atoms with Crippen LogP contribution in [-0.4, -0.2) is 17.0 Å². The van der Waals surface area contributed by atoms with E-state index in [2.05, 4.69) is 88.6 Å². The summed E-state index contributed by atoms with van der Waals surface area (Å²) < 4.78 is 7.73. The lowest BCUT2D eigenvalue weighted by atomic mass is 9.86. The summed E-state index contributed by atoms with van der Waals surface area (Å²) in [4.78, 5) is 22.6. The van der Waals surface area contributed by atoms with Crippen molar-refractivity contribution in [2.75, 3.05) is 0 Å². The van der Waals surface area contributed by atoms with E-state index < -0.39 is 4.92 Å². The van der Waals surface area contributed by atoms with Gasteiger partial charge < -0.3 is 4.74 Å². The van der Waals surface area contributed by atoms with Crippen LogP contribution in [0, 0.1) is 17.3 Å². The summed E-state index contributed by atoms with van der Waals surface area (Å²) in [6, 6.07) is 18.2. The highest BCUT2D eigenvalue weighted by Crippen LogP contribution is 2.29. The number of nitrogens with one attached hydrogen (secondary N) is 1. The van der Waals surface area contributed by atoms with Crippen molar-refractivity contribution >= 4 is 63.0 Å². The standard InChI is InChI=1S/C26H25I2N3O4/c1-26(2,3)20-8-4-17(5-9-20)14-24(32)30-29-15-19-12-22(27)25(23(28)13-19)35-16-18-6-10-21(11-7-18)31(33)34/h4-13,15H,14,16H2,1-3H3,(H,30,32)/b29-15-. The third kappa shape index (κ3) is 7.99. The van der Waals surface area contributed by atoms with Crippen LogP contribution in [0.4, 0.5) is 5.69 Å². The van der Waals surface area contributed by atoms with Gasteiger partial charge in [-0.25, -0.2) is 5.43 Å². The minimum atomic E-state index is -0.427. The molecule has 3 rings (SSSR count). The zero-order chi connectivity index (χ0) is 25.6. The first-order valence-electron chi connectivity index (χ1n) is 10.8. The maximum atomic E-state index is 12.3. The molecular formula is C26H25I2N3O4. The number of amides is 1. The normalized spacial score (nSPS) is 11.5. The van der Waals surface area contributed by atoms with E-state index in [0.29, 0.717) is 6.61 Å². The van der Waals surface area contributed by atoms with Crippen LogP contribution < -0.4 is 10.2 Å². The van der Waals surface area contributed by atoms with Crippen LogP contribution in [0.1, 0.15) is 43.0 Å². The molecule has 1 N–H and O–H groups in total. The second-order valence-electron chi connectivity index (χ2n) is 8.94. The molecule has 0 aliphatic rings. The van der Waals surface area contributed by atoms with Crippen LogP contribution in [0.3, 0.4) is 0 Å². The Morgan fingerprint density at radius 2 is 1.60 bits per heavy atom.